The van der Waals surface area contributed by atoms with E-state index in [1.807, 2.05) is 57.0 Å². The summed E-state index contributed by atoms with van der Waals surface area (Å²) in [6.45, 7) is 12.7. The molecule has 338 valence electrons. The second kappa shape index (κ2) is 17.9. The molecule has 2 fully saturated rings. The standard InChI is InChI=1S/C50H51ClN10O5/c1-29(62)60-18-14-42-38(28-60)44(59-61(42)34-15-19-65-20-16-34)36-8-6-7-30-21-41(55-27-37(30)36)32-10-12-40(54-24-32)46(64)53-17-13-43-56-25-33(26-57-43)45(63)58-47-49(2,3)48(50(47,4)5)66-35-11-9-31(23-52)39(51)22-35/h6-12,21-22,24-27,34,47-48H,13-20,28H2,1-5H3,(H,53,64)(H,58,63). The van der Waals surface area contributed by atoms with Crippen LogP contribution in [0.4, 0.5) is 0 Å². The number of ether oxygens (including phenoxy) is 2. The molecule has 0 radical (unpaired) electrons. The first kappa shape index (κ1) is 44.4. The van der Waals surface area contributed by atoms with Crippen LogP contribution >= 0.6 is 11.6 Å². The average Bonchev–Trinajstić information content (AvgIpc) is 3.71. The van der Waals surface area contributed by atoms with Crippen LogP contribution in [0.2, 0.25) is 5.02 Å². The van der Waals surface area contributed by atoms with Crippen LogP contribution in [0.5, 0.6) is 5.75 Å². The number of carbonyl (C=O) groups excluding carboxylic acids is 3. The van der Waals surface area contributed by atoms with Gasteiger partial charge < -0.3 is 25.0 Å². The number of fused-ring (bicyclic) bond motifs is 2. The molecule has 0 spiro atoms. The van der Waals surface area contributed by atoms with Crippen molar-refractivity contribution in [1.82, 2.24) is 45.2 Å². The summed E-state index contributed by atoms with van der Waals surface area (Å²) in [5.74, 6) is 0.460. The Kier molecular flexibility index (Phi) is 12.1. The molecule has 3 amide bonds. The van der Waals surface area contributed by atoms with Crippen molar-refractivity contribution in [3.05, 3.63) is 118 Å². The highest BCUT2D eigenvalue weighted by Crippen LogP contribution is 2.55. The third-order valence-corrected chi connectivity index (χ3v) is 13.7. The third-order valence-electron chi connectivity index (χ3n) is 13.4. The topological polar surface area (TPSA) is 190 Å². The Morgan fingerprint density at radius 3 is 2.41 bits per heavy atom. The number of nitriles is 1. The van der Waals surface area contributed by atoms with Gasteiger partial charge in [0.1, 0.15) is 29.4 Å². The molecule has 2 aliphatic heterocycles. The number of halogens is 1. The molecule has 0 unspecified atom stereocenters. The normalized spacial score (nSPS) is 18.7. The number of hydrogen-bond acceptors (Lipinski definition) is 11. The molecule has 15 nitrogen and oxygen atoms in total. The monoisotopic (exact) mass is 906 g/mol. The highest BCUT2D eigenvalue weighted by atomic mass is 35.5. The van der Waals surface area contributed by atoms with E-state index >= 15 is 0 Å². The lowest BCUT2D eigenvalue weighted by molar-refractivity contribution is -0.164. The molecule has 0 atom stereocenters. The van der Waals surface area contributed by atoms with Crippen LogP contribution in [0.1, 0.15) is 97.0 Å². The van der Waals surface area contributed by atoms with E-state index in [1.165, 1.54) is 18.1 Å². The van der Waals surface area contributed by atoms with Gasteiger partial charge in [0.25, 0.3) is 11.8 Å². The summed E-state index contributed by atoms with van der Waals surface area (Å²) in [5, 5.41) is 22.8. The van der Waals surface area contributed by atoms with E-state index in [0.29, 0.717) is 60.4 Å². The van der Waals surface area contributed by atoms with E-state index < -0.39 is 10.8 Å². The minimum absolute atomic E-state index is 0.0574. The predicted molar refractivity (Wildman–Crippen MR) is 248 cm³/mol. The zero-order valence-corrected chi connectivity index (χ0v) is 38.4. The number of carbonyl (C=O) groups is 3. The first-order valence-corrected chi connectivity index (χ1v) is 22.7. The number of pyridine rings is 2. The minimum atomic E-state index is -0.424. The van der Waals surface area contributed by atoms with E-state index in [-0.39, 0.29) is 48.1 Å². The summed E-state index contributed by atoms with van der Waals surface area (Å²) in [6, 6.07) is 18.8. The summed E-state index contributed by atoms with van der Waals surface area (Å²) in [7, 11) is 0. The molecule has 0 bridgehead atoms. The molecule has 1 saturated carbocycles. The van der Waals surface area contributed by atoms with E-state index in [9.17, 15) is 19.6 Å². The summed E-state index contributed by atoms with van der Waals surface area (Å²) in [5.41, 5.74) is 5.74. The van der Waals surface area contributed by atoms with Gasteiger partial charge in [0.05, 0.1) is 33.6 Å². The van der Waals surface area contributed by atoms with Crippen molar-refractivity contribution in [2.45, 2.75) is 85.0 Å². The van der Waals surface area contributed by atoms with Gasteiger partial charge in [0.2, 0.25) is 5.91 Å². The van der Waals surface area contributed by atoms with Crippen molar-refractivity contribution >= 4 is 40.1 Å². The molecule has 2 N–H and O–H groups in total. The largest absolute Gasteiger partial charge is 0.489 e. The Bertz CT molecular complexity index is 2870. The molecular weight excluding hydrogens is 856 g/mol. The summed E-state index contributed by atoms with van der Waals surface area (Å²) in [6.07, 6.45) is 9.18. The molecule has 1 saturated heterocycles. The van der Waals surface area contributed by atoms with Crippen LogP contribution in [0.3, 0.4) is 0 Å². The highest BCUT2D eigenvalue weighted by Gasteiger charge is 2.64. The second-order valence-electron chi connectivity index (χ2n) is 18.5. The van der Waals surface area contributed by atoms with Gasteiger partial charge in [-0.1, -0.05) is 57.5 Å². The maximum Gasteiger partial charge on any atom is 0.269 e. The maximum atomic E-state index is 13.4. The van der Waals surface area contributed by atoms with Gasteiger partial charge in [0.15, 0.2) is 0 Å². The van der Waals surface area contributed by atoms with Crippen LogP contribution in [0, 0.1) is 22.2 Å². The molecule has 3 aliphatic rings. The summed E-state index contributed by atoms with van der Waals surface area (Å²) in [4.78, 5) is 58.9. The van der Waals surface area contributed by atoms with Crippen molar-refractivity contribution < 1.29 is 23.9 Å². The lowest BCUT2D eigenvalue weighted by Crippen LogP contribution is -2.74. The van der Waals surface area contributed by atoms with Crippen LogP contribution < -0.4 is 15.4 Å². The fourth-order valence-corrected chi connectivity index (χ4v) is 10.4. The molecule has 1 aliphatic carbocycles. The smallest absolute Gasteiger partial charge is 0.269 e. The van der Waals surface area contributed by atoms with Gasteiger partial charge in [-0.2, -0.15) is 10.4 Å². The second-order valence-corrected chi connectivity index (χ2v) is 18.9. The molecule has 66 heavy (non-hydrogen) atoms. The molecule has 4 aromatic heterocycles. The first-order valence-electron chi connectivity index (χ1n) is 22.3. The molecular formula is C50H51ClN10O5. The summed E-state index contributed by atoms with van der Waals surface area (Å²) < 4.78 is 14.2. The molecule has 9 rings (SSSR count). The molecule has 16 heteroatoms. The van der Waals surface area contributed by atoms with E-state index in [2.05, 4.69) is 48.5 Å². The zero-order chi connectivity index (χ0) is 46.3. The quantitative estimate of drug-likeness (QED) is 0.133. The van der Waals surface area contributed by atoms with E-state index in [1.54, 1.807) is 37.4 Å². The Morgan fingerprint density at radius 1 is 0.939 bits per heavy atom. The van der Waals surface area contributed by atoms with Crippen molar-refractivity contribution in [3.8, 4) is 34.3 Å². The van der Waals surface area contributed by atoms with Crippen LogP contribution in [0.25, 0.3) is 33.3 Å². The zero-order valence-electron chi connectivity index (χ0n) is 37.6. The third kappa shape index (κ3) is 8.47. The fourth-order valence-electron chi connectivity index (χ4n) is 10.2. The number of aromatic nitrogens is 6. The first-order chi connectivity index (χ1) is 31.7. The molecule has 2 aromatic carbocycles. The van der Waals surface area contributed by atoms with E-state index in [4.69, 9.17) is 31.2 Å². The van der Waals surface area contributed by atoms with Crippen LogP contribution in [-0.2, 0) is 28.9 Å². The Balaban J connectivity index is 0.805. The average molecular weight is 907 g/mol. The number of hydrogen-bond donors (Lipinski definition) is 2. The van der Waals surface area contributed by atoms with Crippen molar-refractivity contribution in [2.24, 2.45) is 10.8 Å². The van der Waals surface area contributed by atoms with Crippen molar-refractivity contribution in [3.63, 3.8) is 0 Å². The van der Waals surface area contributed by atoms with Crippen molar-refractivity contribution in [2.75, 3.05) is 26.3 Å². The van der Waals surface area contributed by atoms with Gasteiger partial charge in [-0.25, -0.2) is 9.97 Å². The lowest BCUT2D eigenvalue weighted by Gasteiger charge is -2.63. The number of benzene rings is 2. The summed E-state index contributed by atoms with van der Waals surface area (Å²) >= 11 is 6.24. The van der Waals surface area contributed by atoms with Crippen LogP contribution in [-0.4, -0.2) is 90.8 Å². The van der Waals surface area contributed by atoms with Crippen molar-refractivity contribution in [1.29, 1.82) is 5.26 Å². The Labute approximate surface area is 387 Å². The molecule has 6 aromatic rings. The maximum absolute atomic E-state index is 13.4. The number of amides is 3. The number of nitrogens with zero attached hydrogens (tertiary/aromatic N) is 8. The van der Waals surface area contributed by atoms with Gasteiger partial charge in [-0.05, 0) is 48.6 Å². The number of nitrogens with one attached hydrogen (secondary N) is 2. The molecule has 6 heterocycles. The SMILES string of the molecule is CC(=O)N1CCc2c(c(-c3cccc4cc(-c5ccc(C(=O)NCCc6ncc(C(=O)NC7C(C)(C)C(Oc8ccc(C#N)c(Cl)c8)C7(C)C)cn6)nc5)ncc34)nn2C2CCOCC2)C1. The lowest BCUT2D eigenvalue weighted by atomic mass is 9.49. The van der Waals surface area contributed by atoms with Crippen LogP contribution in [0.15, 0.2) is 79.4 Å². The van der Waals surface area contributed by atoms with Gasteiger partial charge >= 0.3 is 0 Å². The number of rotatable bonds is 11. The predicted octanol–water partition coefficient (Wildman–Crippen LogP) is 7.32. The van der Waals surface area contributed by atoms with E-state index in [0.717, 1.165) is 58.1 Å². The Hall–Kier alpha value is -6.76. The minimum Gasteiger partial charge on any atom is -0.489 e. The van der Waals surface area contributed by atoms with Gasteiger partial charge in [-0.3, -0.25) is 29.0 Å². The fraction of sp³-hybridized carbons (Fsp3) is 0.380. The Morgan fingerprint density at radius 2 is 1.71 bits per heavy atom. The highest BCUT2D eigenvalue weighted by molar-refractivity contribution is 6.31. The van der Waals surface area contributed by atoms with Gasteiger partial charge in [-0.15, -0.1) is 0 Å². The van der Waals surface area contributed by atoms with Gasteiger partial charge in [0, 0.05) is 128 Å².